The van der Waals surface area contributed by atoms with Crippen LogP contribution >= 0.6 is 11.7 Å². The molecule has 2 heterocycles. The molecule has 0 saturated heterocycles. The molecule has 2 rings (SSSR count). The van der Waals surface area contributed by atoms with Gasteiger partial charge in [0.15, 0.2) is 0 Å². The summed E-state index contributed by atoms with van der Waals surface area (Å²) in [6, 6.07) is 0. The predicted molar refractivity (Wildman–Crippen MR) is 72.6 cm³/mol. The molecule has 0 unspecified atom stereocenters. The maximum absolute atomic E-state index is 4.62. The van der Waals surface area contributed by atoms with Gasteiger partial charge >= 0.3 is 0 Å². The van der Waals surface area contributed by atoms with Gasteiger partial charge in [-0.25, -0.2) is 0 Å². The zero-order valence-corrected chi connectivity index (χ0v) is 12.1. The van der Waals surface area contributed by atoms with Crippen LogP contribution in [-0.2, 0) is 10.8 Å². The van der Waals surface area contributed by atoms with Crippen molar-refractivity contribution in [1.29, 1.82) is 0 Å². The minimum Gasteiger partial charge on any atom is -0.258 e. The normalized spacial score (nSPS) is 13.3. The molecule has 4 heteroatoms. The lowest BCUT2D eigenvalue weighted by Gasteiger charge is -2.22. The van der Waals surface area contributed by atoms with Crippen molar-refractivity contribution in [1.82, 2.24) is 13.7 Å². The highest BCUT2D eigenvalue weighted by atomic mass is 32.1. The van der Waals surface area contributed by atoms with Crippen molar-refractivity contribution in [2.75, 3.05) is 0 Å². The second-order valence-electron chi connectivity index (χ2n) is 6.48. The molecule has 0 N–H and O–H groups in total. The van der Waals surface area contributed by atoms with Crippen molar-refractivity contribution in [2.45, 2.75) is 52.4 Å². The first kappa shape index (κ1) is 12.4. The van der Waals surface area contributed by atoms with Crippen molar-refractivity contribution in [3.8, 4) is 0 Å². The fourth-order valence-electron chi connectivity index (χ4n) is 1.87. The lowest BCUT2D eigenvalue weighted by Crippen LogP contribution is -2.18. The molecule has 17 heavy (non-hydrogen) atoms. The Balaban J connectivity index is 2.76. The van der Waals surface area contributed by atoms with E-state index in [0.29, 0.717) is 0 Å². The number of hydrogen-bond acceptors (Lipinski definition) is 4. The van der Waals surface area contributed by atoms with Gasteiger partial charge in [-0.3, -0.25) is 4.98 Å². The van der Waals surface area contributed by atoms with Gasteiger partial charge in [-0.15, -0.1) is 0 Å². The summed E-state index contributed by atoms with van der Waals surface area (Å²) in [5.41, 5.74) is 4.25. The Morgan fingerprint density at radius 2 is 1.47 bits per heavy atom. The Labute approximate surface area is 107 Å². The zero-order chi connectivity index (χ0) is 12.8. The second-order valence-corrected chi connectivity index (χ2v) is 7.01. The van der Waals surface area contributed by atoms with Gasteiger partial charge in [-0.05, 0) is 5.41 Å². The van der Waals surface area contributed by atoms with Gasteiger partial charge in [0.1, 0.15) is 11.0 Å². The van der Waals surface area contributed by atoms with Gasteiger partial charge in [-0.2, -0.15) is 8.75 Å². The largest absolute Gasteiger partial charge is 0.258 e. The Bertz CT molecular complexity index is 496. The molecule has 3 nitrogen and oxygen atoms in total. The van der Waals surface area contributed by atoms with Crippen molar-refractivity contribution < 1.29 is 0 Å². The molecule has 0 saturated carbocycles. The van der Waals surface area contributed by atoms with E-state index in [2.05, 4.69) is 55.3 Å². The molecule has 0 atom stereocenters. The highest BCUT2D eigenvalue weighted by Crippen LogP contribution is 2.33. The summed E-state index contributed by atoms with van der Waals surface area (Å²) in [4.78, 5) is 4.62. The van der Waals surface area contributed by atoms with E-state index in [1.54, 1.807) is 0 Å². The molecule has 0 aromatic carbocycles. The molecule has 0 aliphatic rings. The Morgan fingerprint density at radius 1 is 0.882 bits per heavy atom. The number of nitrogens with zero attached hydrogens (tertiary/aromatic N) is 3. The van der Waals surface area contributed by atoms with Crippen LogP contribution in [0.5, 0.6) is 0 Å². The van der Waals surface area contributed by atoms with E-state index in [9.17, 15) is 0 Å². The van der Waals surface area contributed by atoms with Crippen molar-refractivity contribution in [3.63, 3.8) is 0 Å². The van der Waals surface area contributed by atoms with E-state index in [4.69, 9.17) is 0 Å². The predicted octanol–water partition coefficient (Wildman–Crippen LogP) is 3.68. The Hall–Kier alpha value is -1.03. The third-order valence-electron chi connectivity index (χ3n) is 2.81. The van der Waals surface area contributed by atoms with Gasteiger partial charge in [-0.1, -0.05) is 41.5 Å². The van der Waals surface area contributed by atoms with Crippen LogP contribution in [0.4, 0.5) is 0 Å². The van der Waals surface area contributed by atoms with Gasteiger partial charge in [0.25, 0.3) is 0 Å². The third kappa shape index (κ3) is 2.18. The van der Waals surface area contributed by atoms with E-state index in [0.717, 1.165) is 16.7 Å². The zero-order valence-electron chi connectivity index (χ0n) is 11.3. The summed E-state index contributed by atoms with van der Waals surface area (Å²) in [7, 11) is 0. The van der Waals surface area contributed by atoms with Crippen molar-refractivity contribution >= 4 is 22.8 Å². The van der Waals surface area contributed by atoms with Crippen molar-refractivity contribution in [3.05, 3.63) is 17.5 Å². The molecular formula is C13H19N3S. The molecule has 0 spiro atoms. The fraction of sp³-hybridized carbons (Fsp3) is 0.615. The quantitative estimate of drug-likeness (QED) is 0.715. The molecule has 0 fully saturated rings. The van der Waals surface area contributed by atoms with E-state index in [1.165, 1.54) is 17.3 Å². The molecular weight excluding hydrogens is 230 g/mol. The third-order valence-corrected chi connectivity index (χ3v) is 3.34. The van der Waals surface area contributed by atoms with Crippen LogP contribution in [0, 0.1) is 0 Å². The highest BCUT2D eigenvalue weighted by molar-refractivity contribution is 7.00. The summed E-state index contributed by atoms with van der Waals surface area (Å²) in [5, 5.41) is 0. The first-order valence-corrected chi connectivity index (χ1v) is 6.56. The standard InChI is InChI=1S/C13H19N3S/c1-12(2,3)8-7-14-11(13(4,5)6)10-9(8)15-17-16-10/h7H,1-6H3. The first-order valence-electron chi connectivity index (χ1n) is 5.83. The molecule has 92 valence electrons. The summed E-state index contributed by atoms with van der Waals surface area (Å²) in [5.74, 6) is 0. The van der Waals surface area contributed by atoms with Crippen LogP contribution in [0.3, 0.4) is 0 Å². The SMILES string of the molecule is CC(C)(C)c1cnc(C(C)(C)C)c2nsnc12. The van der Waals surface area contributed by atoms with E-state index < -0.39 is 0 Å². The molecule has 0 aliphatic carbocycles. The summed E-state index contributed by atoms with van der Waals surface area (Å²) >= 11 is 1.27. The van der Waals surface area contributed by atoms with Crippen LogP contribution in [0.1, 0.15) is 52.8 Å². The van der Waals surface area contributed by atoms with Crippen LogP contribution < -0.4 is 0 Å². The molecule has 0 aliphatic heterocycles. The maximum atomic E-state index is 4.62. The van der Waals surface area contributed by atoms with Crippen LogP contribution in [0.15, 0.2) is 6.20 Å². The Morgan fingerprint density at radius 3 is 2.00 bits per heavy atom. The number of aromatic nitrogens is 3. The molecule has 0 bridgehead atoms. The maximum Gasteiger partial charge on any atom is 0.127 e. The lowest BCUT2D eigenvalue weighted by atomic mass is 9.84. The summed E-state index contributed by atoms with van der Waals surface area (Å²) in [6.07, 6.45) is 1.96. The minimum atomic E-state index is 0.00438. The molecule has 2 aromatic heterocycles. The Kier molecular flexibility index (Phi) is 2.73. The van der Waals surface area contributed by atoms with Crippen LogP contribution in [0.25, 0.3) is 11.0 Å². The average molecular weight is 249 g/mol. The number of pyridine rings is 1. The van der Waals surface area contributed by atoms with Crippen LogP contribution in [0.2, 0.25) is 0 Å². The monoisotopic (exact) mass is 249 g/mol. The summed E-state index contributed by atoms with van der Waals surface area (Å²) < 4.78 is 8.88. The summed E-state index contributed by atoms with van der Waals surface area (Å²) in [6.45, 7) is 13.0. The minimum absolute atomic E-state index is 0.00438. The molecule has 2 aromatic rings. The number of rotatable bonds is 0. The second kappa shape index (κ2) is 3.73. The highest BCUT2D eigenvalue weighted by Gasteiger charge is 2.26. The van der Waals surface area contributed by atoms with E-state index in [-0.39, 0.29) is 10.8 Å². The van der Waals surface area contributed by atoms with Crippen molar-refractivity contribution in [2.24, 2.45) is 0 Å². The number of fused-ring (bicyclic) bond motifs is 1. The van der Waals surface area contributed by atoms with E-state index >= 15 is 0 Å². The fourth-order valence-corrected chi connectivity index (χ4v) is 2.43. The van der Waals surface area contributed by atoms with Gasteiger partial charge in [0.05, 0.1) is 17.4 Å². The van der Waals surface area contributed by atoms with Gasteiger partial charge in [0.2, 0.25) is 0 Å². The molecule has 0 amide bonds. The number of hydrogen-bond donors (Lipinski definition) is 0. The lowest BCUT2D eigenvalue weighted by molar-refractivity contribution is 0.564. The topological polar surface area (TPSA) is 38.7 Å². The van der Waals surface area contributed by atoms with Gasteiger partial charge < -0.3 is 0 Å². The average Bonchev–Trinajstić information content (AvgIpc) is 2.60. The van der Waals surface area contributed by atoms with E-state index in [1.807, 2.05) is 6.20 Å². The van der Waals surface area contributed by atoms with Gasteiger partial charge in [0, 0.05) is 17.2 Å². The first-order chi connectivity index (χ1) is 7.71. The molecule has 0 radical (unpaired) electrons. The van der Waals surface area contributed by atoms with Crippen LogP contribution in [-0.4, -0.2) is 13.7 Å². The smallest absolute Gasteiger partial charge is 0.127 e.